The highest BCUT2D eigenvalue weighted by molar-refractivity contribution is 7.09. The molecule has 1 heterocycles. The molecule has 140 valence electrons. The maximum absolute atomic E-state index is 13.5. The fourth-order valence-corrected chi connectivity index (χ4v) is 4.30. The lowest BCUT2D eigenvalue weighted by Crippen LogP contribution is -2.20. The van der Waals surface area contributed by atoms with E-state index in [9.17, 15) is 13.6 Å². The van der Waals surface area contributed by atoms with Gasteiger partial charge in [0.15, 0.2) is 16.4 Å². The molecule has 0 N–H and O–H groups in total. The summed E-state index contributed by atoms with van der Waals surface area (Å²) >= 11 is 7.38. The Balaban J connectivity index is 2.10. The third kappa shape index (κ3) is 3.91. The molecule has 0 spiro atoms. The molecule has 3 rings (SSSR count). The van der Waals surface area contributed by atoms with E-state index in [2.05, 4.69) is 30.3 Å². The van der Waals surface area contributed by atoms with Crippen molar-refractivity contribution in [2.75, 3.05) is 0 Å². The number of rotatable bonds is 3. The summed E-state index contributed by atoms with van der Waals surface area (Å²) in [6.07, 6.45) is 2.35. The minimum Gasteiger partial charge on any atom is -0.320 e. The van der Waals surface area contributed by atoms with Gasteiger partial charge in [-0.2, -0.15) is 4.99 Å². The highest BCUT2D eigenvalue weighted by Gasteiger charge is 2.27. The lowest BCUT2D eigenvalue weighted by molar-refractivity contribution is 0.0997. The zero-order chi connectivity index (χ0) is 19.2. The number of benzene rings is 1. The van der Waals surface area contributed by atoms with E-state index in [-0.39, 0.29) is 16.0 Å². The highest BCUT2D eigenvalue weighted by Crippen LogP contribution is 2.33. The van der Waals surface area contributed by atoms with Crippen molar-refractivity contribution in [3.63, 3.8) is 0 Å². The van der Waals surface area contributed by atoms with Gasteiger partial charge in [0.25, 0.3) is 5.91 Å². The standard InChI is InChI=1S/C19H21ClF2N2OS/c1-10-16(19(2,3)4)26-18(24(10)9-11-5-6-11)23-17(25)12-7-14(21)15(22)8-13(12)20/h7-8,11H,5-6,9H2,1-4H3/b23-18-. The number of thiazole rings is 1. The first kappa shape index (κ1) is 19.2. The van der Waals surface area contributed by atoms with Crippen LogP contribution in [0.2, 0.25) is 5.02 Å². The van der Waals surface area contributed by atoms with Crippen molar-refractivity contribution < 1.29 is 13.6 Å². The summed E-state index contributed by atoms with van der Waals surface area (Å²) in [5.41, 5.74) is 0.889. The number of hydrogen-bond acceptors (Lipinski definition) is 2. The molecule has 0 unspecified atom stereocenters. The zero-order valence-corrected chi connectivity index (χ0v) is 16.8. The lowest BCUT2D eigenvalue weighted by atomic mass is 9.93. The van der Waals surface area contributed by atoms with Gasteiger partial charge < -0.3 is 4.57 Å². The predicted octanol–water partition coefficient (Wildman–Crippen LogP) is 5.24. The quantitative estimate of drug-likeness (QED) is 0.651. The van der Waals surface area contributed by atoms with Gasteiger partial charge in [0.05, 0.1) is 10.6 Å². The molecule has 0 bridgehead atoms. The Morgan fingerprint density at radius 2 is 1.92 bits per heavy atom. The van der Waals surface area contributed by atoms with Crippen LogP contribution < -0.4 is 4.80 Å². The molecule has 0 radical (unpaired) electrons. The molecule has 1 fully saturated rings. The van der Waals surface area contributed by atoms with E-state index >= 15 is 0 Å². The number of carbonyl (C=O) groups is 1. The van der Waals surface area contributed by atoms with Crippen molar-refractivity contribution in [2.45, 2.75) is 52.5 Å². The van der Waals surface area contributed by atoms with Crippen LogP contribution in [0, 0.1) is 24.5 Å². The number of aromatic nitrogens is 1. The minimum atomic E-state index is -1.11. The average Bonchev–Trinajstić information content (AvgIpc) is 3.29. The molecule has 1 aliphatic carbocycles. The summed E-state index contributed by atoms with van der Waals surface area (Å²) in [6, 6.07) is 1.61. The SMILES string of the molecule is Cc1c(C(C)(C)C)s/c(=N\C(=O)c2cc(F)c(F)cc2Cl)n1CC1CC1. The molecule has 1 amide bonds. The number of halogens is 3. The topological polar surface area (TPSA) is 34.4 Å². The predicted molar refractivity (Wildman–Crippen MR) is 99.7 cm³/mol. The first-order valence-electron chi connectivity index (χ1n) is 8.52. The van der Waals surface area contributed by atoms with E-state index in [4.69, 9.17) is 11.6 Å². The summed E-state index contributed by atoms with van der Waals surface area (Å²) in [5, 5.41) is -0.143. The fourth-order valence-electron chi connectivity index (χ4n) is 2.87. The summed E-state index contributed by atoms with van der Waals surface area (Å²) in [4.78, 5) is 18.5. The lowest BCUT2D eigenvalue weighted by Gasteiger charge is -2.17. The second-order valence-corrected chi connectivity index (χ2v) is 9.15. The van der Waals surface area contributed by atoms with Crippen LogP contribution in [0.25, 0.3) is 0 Å². The maximum atomic E-state index is 13.5. The van der Waals surface area contributed by atoms with Crippen LogP contribution in [0.15, 0.2) is 17.1 Å². The number of amides is 1. The normalized spacial score (nSPS) is 15.6. The minimum absolute atomic E-state index is 0.0729. The Kier molecular flexibility index (Phi) is 5.10. The van der Waals surface area contributed by atoms with E-state index in [1.54, 1.807) is 0 Å². The van der Waals surface area contributed by atoms with E-state index in [1.165, 1.54) is 24.2 Å². The molecule has 3 nitrogen and oxygen atoms in total. The Bertz CT molecular complexity index is 936. The molecule has 1 aliphatic rings. The van der Waals surface area contributed by atoms with Crippen molar-refractivity contribution in [1.82, 2.24) is 4.57 Å². The largest absolute Gasteiger partial charge is 0.320 e. The van der Waals surface area contributed by atoms with Gasteiger partial charge in [0, 0.05) is 17.1 Å². The second kappa shape index (κ2) is 6.89. The van der Waals surface area contributed by atoms with Crippen molar-refractivity contribution in [2.24, 2.45) is 10.9 Å². The number of hydrogen-bond donors (Lipinski definition) is 0. The van der Waals surface area contributed by atoms with Crippen LogP contribution in [-0.2, 0) is 12.0 Å². The van der Waals surface area contributed by atoms with Crippen molar-refractivity contribution >= 4 is 28.8 Å². The van der Waals surface area contributed by atoms with Crippen molar-refractivity contribution in [3.8, 4) is 0 Å². The molecular weight excluding hydrogens is 378 g/mol. The van der Waals surface area contributed by atoms with Gasteiger partial charge in [-0.25, -0.2) is 8.78 Å². The molecule has 26 heavy (non-hydrogen) atoms. The smallest absolute Gasteiger partial charge is 0.281 e. The molecule has 1 aromatic heterocycles. The summed E-state index contributed by atoms with van der Waals surface area (Å²) in [7, 11) is 0. The van der Waals surface area contributed by atoms with Gasteiger partial charge in [-0.3, -0.25) is 4.79 Å². The van der Waals surface area contributed by atoms with Crippen molar-refractivity contribution in [3.05, 3.63) is 49.7 Å². The third-order valence-corrected chi connectivity index (χ3v) is 6.33. The maximum Gasteiger partial charge on any atom is 0.281 e. The van der Waals surface area contributed by atoms with Gasteiger partial charge in [0.1, 0.15) is 0 Å². The van der Waals surface area contributed by atoms with Gasteiger partial charge in [-0.05, 0) is 43.2 Å². The van der Waals surface area contributed by atoms with E-state index in [0.29, 0.717) is 10.7 Å². The Morgan fingerprint density at radius 3 is 2.50 bits per heavy atom. The van der Waals surface area contributed by atoms with Crippen LogP contribution in [0.3, 0.4) is 0 Å². The van der Waals surface area contributed by atoms with Crippen LogP contribution in [0.1, 0.15) is 54.5 Å². The summed E-state index contributed by atoms with van der Waals surface area (Å²) in [6.45, 7) is 9.20. The first-order chi connectivity index (χ1) is 12.1. The molecule has 0 atom stereocenters. The first-order valence-corrected chi connectivity index (χ1v) is 9.71. The van der Waals surface area contributed by atoms with E-state index in [0.717, 1.165) is 29.2 Å². The fraction of sp³-hybridized carbons (Fsp3) is 0.474. The zero-order valence-electron chi connectivity index (χ0n) is 15.2. The van der Waals surface area contributed by atoms with Gasteiger partial charge in [-0.1, -0.05) is 32.4 Å². The molecule has 0 aliphatic heterocycles. The second-order valence-electron chi connectivity index (χ2n) is 7.77. The molecule has 0 saturated heterocycles. The van der Waals surface area contributed by atoms with E-state index < -0.39 is 17.5 Å². The van der Waals surface area contributed by atoms with Crippen LogP contribution in [0.4, 0.5) is 8.78 Å². The molecule has 7 heteroatoms. The molecular formula is C19H21ClF2N2OS. The van der Waals surface area contributed by atoms with Gasteiger partial charge >= 0.3 is 0 Å². The average molecular weight is 399 g/mol. The Hall–Kier alpha value is -1.53. The number of carbonyl (C=O) groups excluding carboxylic acids is 1. The monoisotopic (exact) mass is 398 g/mol. The Labute approximate surface area is 160 Å². The number of nitrogens with zero attached hydrogens (tertiary/aromatic N) is 2. The van der Waals surface area contributed by atoms with E-state index in [1.807, 2.05) is 6.92 Å². The summed E-state index contributed by atoms with van der Waals surface area (Å²) < 4.78 is 28.8. The van der Waals surface area contributed by atoms with Gasteiger partial charge in [-0.15, -0.1) is 11.3 Å². The van der Waals surface area contributed by atoms with Crippen molar-refractivity contribution in [1.29, 1.82) is 0 Å². The molecule has 1 saturated carbocycles. The molecule has 2 aromatic rings. The van der Waals surface area contributed by atoms with Crippen LogP contribution in [-0.4, -0.2) is 10.5 Å². The van der Waals surface area contributed by atoms with Crippen LogP contribution in [0.5, 0.6) is 0 Å². The highest BCUT2D eigenvalue weighted by atomic mass is 35.5. The summed E-state index contributed by atoms with van der Waals surface area (Å²) in [5.74, 6) is -2.26. The molecule has 1 aromatic carbocycles. The Morgan fingerprint density at radius 1 is 1.31 bits per heavy atom. The third-order valence-electron chi connectivity index (χ3n) is 4.41. The van der Waals surface area contributed by atoms with Crippen LogP contribution >= 0.6 is 22.9 Å². The van der Waals surface area contributed by atoms with Gasteiger partial charge in [0.2, 0.25) is 0 Å².